The Kier molecular flexibility index (Phi) is 2.29. The summed E-state index contributed by atoms with van der Waals surface area (Å²) in [5.74, 6) is -1.20. The number of nitrogens with zero attached hydrogens (tertiary/aromatic N) is 3. The van der Waals surface area contributed by atoms with E-state index >= 15 is 0 Å². The molecule has 90 valence electrons. The molecule has 0 bridgehead atoms. The van der Waals surface area contributed by atoms with Crippen molar-refractivity contribution in [2.24, 2.45) is 0 Å². The van der Waals surface area contributed by atoms with E-state index in [1.807, 2.05) is 0 Å². The highest BCUT2D eigenvalue weighted by molar-refractivity contribution is 5.72. The second-order valence-corrected chi connectivity index (χ2v) is 3.92. The van der Waals surface area contributed by atoms with Crippen molar-refractivity contribution in [3.05, 3.63) is 41.7 Å². The Labute approximate surface area is 101 Å². The van der Waals surface area contributed by atoms with Gasteiger partial charge in [0.1, 0.15) is 17.2 Å². The van der Waals surface area contributed by atoms with Crippen LogP contribution in [-0.2, 0) is 0 Å². The molecular weight excluding hydrogens is 238 g/mol. The fourth-order valence-corrected chi connectivity index (χ4v) is 1.66. The molecule has 0 amide bonds. The van der Waals surface area contributed by atoms with Crippen LogP contribution in [0.3, 0.4) is 0 Å². The van der Waals surface area contributed by atoms with Crippen molar-refractivity contribution in [2.75, 3.05) is 0 Å². The van der Waals surface area contributed by atoms with Crippen molar-refractivity contribution in [3.63, 3.8) is 0 Å². The first-order valence-corrected chi connectivity index (χ1v) is 5.27. The first-order valence-electron chi connectivity index (χ1n) is 5.27. The van der Waals surface area contributed by atoms with E-state index in [2.05, 4.69) is 20.2 Å². The number of H-pyrrole nitrogens is 1. The zero-order valence-corrected chi connectivity index (χ0v) is 9.41. The molecule has 18 heavy (non-hydrogen) atoms. The number of hydrogen-bond donors (Lipinski definition) is 1. The maximum absolute atomic E-state index is 13.5. The van der Waals surface area contributed by atoms with Crippen LogP contribution in [0.4, 0.5) is 8.78 Å². The lowest BCUT2D eigenvalue weighted by molar-refractivity contribution is 0.569. The van der Waals surface area contributed by atoms with Gasteiger partial charge in [-0.3, -0.25) is 5.10 Å². The van der Waals surface area contributed by atoms with Gasteiger partial charge in [0.15, 0.2) is 5.65 Å². The number of rotatable bonds is 1. The van der Waals surface area contributed by atoms with Crippen LogP contribution in [0.2, 0.25) is 0 Å². The van der Waals surface area contributed by atoms with Crippen LogP contribution >= 0.6 is 0 Å². The maximum Gasteiger partial charge on any atom is 0.174 e. The molecule has 0 unspecified atom stereocenters. The van der Waals surface area contributed by atoms with E-state index in [4.69, 9.17) is 0 Å². The first kappa shape index (κ1) is 10.8. The van der Waals surface area contributed by atoms with Gasteiger partial charge in [0, 0.05) is 11.1 Å². The molecular formula is C12H8F2N4. The van der Waals surface area contributed by atoms with Crippen LogP contribution < -0.4 is 0 Å². The van der Waals surface area contributed by atoms with Crippen LogP contribution in [0.1, 0.15) is 5.56 Å². The number of halogens is 2. The van der Waals surface area contributed by atoms with Gasteiger partial charge in [-0.2, -0.15) is 5.10 Å². The zero-order valence-electron chi connectivity index (χ0n) is 9.41. The van der Waals surface area contributed by atoms with Gasteiger partial charge in [0.05, 0.1) is 18.1 Å². The zero-order chi connectivity index (χ0) is 12.7. The first-order chi connectivity index (χ1) is 8.65. The van der Waals surface area contributed by atoms with Gasteiger partial charge in [-0.15, -0.1) is 0 Å². The molecule has 0 aliphatic heterocycles. The van der Waals surface area contributed by atoms with Crippen LogP contribution in [0, 0.1) is 18.6 Å². The molecule has 0 aliphatic carbocycles. The smallest absolute Gasteiger partial charge is 0.174 e. The van der Waals surface area contributed by atoms with E-state index in [9.17, 15) is 8.78 Å². The number of hydrogen-bond acceptors (Lipinski definition) is 3. The lowest BCUT2D eigenvalue weighted by atomic mass is 10.1. The van der Waals surface area contributed by atoms with Gasteiger partial charge in [-0.05, 0) is 19.1 Å². The minimum atomic E-state index is -0.600. The van der Waals surface area contributed by atoms with E-state index in [1.165, 1.54) is 31.5 Å². The average Bonchev–Trinajstić information content (AvgIpc) is 2.82. The lowest BCUT2D eigenvalue weighted by Gasteiger charge is -2.04. The monoisotopic (exact) mass is 246 g/mol. The lowest BCUT2D eigenvalue weighted by Crippen LogP contribution is -1.93. The van der Waals surface area contributed by atoms with Gasteiger partial charge < -0.3 is 0 Å². The highest BCUT2D eigenvalue weighted by Crippen LogP contribution is 2.23. The van der Waals surface area contributed by atoms with Crippen molar-refractivity contribution in [2.45, 2.75) is 6.92 Å². The second-order valence-electron chi connectivity index (χ2n) is 3.92. The predicted molar refractivity (Wildman–Crippen MR) is 61.8 cm³/mol. The summed E-state index contributed by atoms with van der Waals surface area (Å²) in [6, 6.07) is 2.48. The molecule has 3 aromatic rings. The molecule has 0 saturated carbocycles. The summed E-state index contributed by atoms with van der Waals surface area (Å²) in [5.41, 5.74) is 1.82. The molecule has 0 fully saturated rings. The Balaban J connectivity index is 2.19. The third-order valence-electron chi connectivity index (χ3n) is 2.73. The summed E-state index contributed by atoms with van der Waals surface area (Å²) in [7, 11) is 0. The summed E-state index contributed by atoms with van der Waals surface area (Å²) >= 11 is 0. The standard InChI is InChI=1S/C12H8F2N4/c1-6-8(13)2-7(3-9(6)14)10-4-15-11-5-16-18-12(11)17-10/h2-5H,1H3,(H,16,17,18). The molecule has 1 N–H and O–H groups in total. The Morgan fingerprint density at radius 3 is 2.56 bits per heavy atom. The molecule has 1 aromatic carbocycles. The fraction of sp³-hybridized carbons (Fsp3) is 0.0833. The van der Waals surface area contributed by atoms with Gasteiger partial charge in [-0.25, -0.2) is 18.7 Å². The Morgan fingerprint density at radius 2 is 1.83 bits per heavy atom. The number of nitrogens with one attached hydrogen (secondary N) is 1. The predicted octanol–water partition coefficient (Wildman–Crippen LogP) is 2.61. The summed E-state index contributed by atoms with van der Waals surface area (Å²) in [6.45, 7) is 1.39. The van der Waals surface area contributed by atoms with Gasteiger partial charge >= 0.3 is 0 Å². The third-order valence-corrected chi connectivity index (χ3v) is 2.73. The molecule has 2 aromatic heterocycles. The van der Waals surface area contributed by atoms with Crippen molar-refractivity contribution < 1.29 is 8.78 Å². The van der Waals surface area contributed by atoms with Crippen molar-refractivity contribution in [3.8, 4) is 11.3 Å². The maximum atomic E-state index is 13.5. The van der Waals surface area contributed by atoms with Gasteiger partial charge in [0.2, 0.25) is 0 Å². The Bertz CT molecular complexity index is 713. The van der Waals surface area contributed by atoms with Crippen LogP contribution in [0.15, 0.2) is 24.5 Å². The van der Waals surface area contributed by atoms with Crippen molar-refractivity contribution >= 4 is 11.2 Å². The van der Waals surface area contributed by atoms with Crippen LogP contribution in [-0.4, -0.2) is 20.2 Å². The molecule has 0 radical (unpaired) electrons. The minimum Gasteiger partial charge on any atom is -0.259 e. The van der Waals surface area contributed by atoms with Crippen LogP contribution in [0.5, 0.6) is 0 Å². The van der Waals surface area contributed by atoms with Crippen LogP contribution in [0.25, 0.3) is 22.4 Å². The fourth-order valence-electron chi connectivity index (χ4n) is 1.66. The average molecular weight is 246 g/mol. The van der Waals surface area contributed by atoms with Crippen molar-refractivity contribution in [1.29, 1.82) is 0 Å². The molecule has 2 heterocycles. The molecule has 0 spiro atoms. The SMILES string of the molecule is Cc1c(F)cc(-c2cnc3cn[nH]c3n2)cc1F. The number of aromatic nitrogens is 4. The Hall–Kier alpha value is -2.37. The number of benzene rings is 1. The minimum absolute atomic E-state index is 0.00525. The van der Waals surface area contributed by atoms with E-state index in [0.717, 1.165) is 0 Å². The number of aromatic amines is 1. The van der Waals surface area contributed by atoms with Gasteiger partial charge in [-0.1, -0.05) is 0 Å². The highest BCUT2D eigenvalue weighted by atomic mass is 19.1. The normalized spacial score (nSPS) is 11.1. The summed E-state index contributed by atoms with van der Waals surface area (Å²) in [5, 5.41) is 6.45. The molecule has 0 aliphatic rings. The summed E-state index contributed by atoms with van der Waals surface area (Å²) in [4.78, 5) is 8.30. The highest BCUT2D eigenvalue weighted by Gasteiger charge is 2.10. The van der Waals surface area contributed by atoms with Crippen molar-refractivity contribution in [1.82, 2.24) is 20.2 Å². The molecule has 3 rings (SSSR count). The summed E-state index contributed by atoms with van der Waals surface area (Å²) < 4.78 is 26.9. The molecule has 0 saturated heterocycles. The number of fused-ring (bicyclic) bond motifs is 1. The second kappa shape index (κ2) is 3.83. The largest absolute Gasteiger partial charge is 0.259 e. The molecule has 0 atom stereocenters. The van der Waals surface area contributed by atoms with E-state index in [1.54, 1.807) is 0 Å². The van der Waals surface area contributed by atoms with E-state index < -0.39 is 11.6 Å². The third kappa shape index (κ3) is 1.62. The van der Waals surface area contributed by atoms with E-state index in [-0.39, 0.29) is 5.56 Å². The molecule has 4 nitrogen and oxygen atoms in total. The van der Waals surface area contributed by atoms with Gasteiger partial charge in [0.25, 0.3) is 0 Å². The van der Waals surface area contributed by atoms with E-state index in [0.29, 0.717) is 22.4 Å². The topological polar surface area (TPSA) is 54.5 Å². The summed E-state index contributed by atoms with van der Waals surface area (Å²) in [6.07, 6.45) is 2.99. The quantitative estimate of drug-likeness (QED) is 0.718. The Morgan fingerprint density at radius 1 is 1.11 bits per heavy atom. The molecule has 6 heteroatoms.